The molecule has 0 bridgehead atoms. The molecule has 1 N–H and O–H groups in total. The Labute approximate surface area is 141 Å². The van der Waals surface area contributed by atoms with Crippen LogP contribution >= 0.6 is 0 Å². The Hall–Kier alpha value is -2.62. The van der Waals surface area contributed by atoms with Gasteiger partial charge in [-0.15, -0.1) is 0 Å². The smallest absolute Gasteiger partial charge is 0.225 e. The van der Waals surface area contributed by atoms with Crippen LogP contribution in [0.15, 0.2) is 42.5 Å². The quantitative estimate of drug-likeness (QED) is 0.860. The minimum absolute atomic E-state index is 0.0240. The lowest BCUT2D eigenvalue weighted by atomic mass is 10.0. The zero-order chi connectivity index (χ0) is 17.1. The van der Waals surface area contributed by atoms with E-state index in [-0.39, 0.29) is 24.2 Å². The number of hydrogen-bond donors (Lipinski definition) is 1. The lowest BCUT2D eigenvalue weighted by Gasteiger charge is -2.15. The molecule has 0 aromatic heterocycles. The third-order valence-corrected chi connectivity index (χ3v) is 4.51. The topological polar surface area (TPSA) is 55.4 Å². The summed E-state index contributed by atoms with van der Waals surface area (Å²) in [6.45, 7) is 1.52. The van der Waals surface area contributed by atoms with Crippen molar-refractivity contribution in [3.8, 4) is 5.75 Å². The molecule has 0 heterocycles. The van der Waals surface area contributed by atoms with Gasteiger partial charge in [0.1, 0.15) is 5.75 Å². The molecule has 0 saturated carbocycles. The summed E-state index contributed by atoms with van der Waals surface area (Å²) in [4.78, 5) is 24.0. The lowest BCUT2D eigenvalue weighted by molar-refractivity contribution is -0.121. The van der Waals surface area contributed by atoms with E-state index in [0.29, 0.717) is 11.3 Å². The van der Waals surface area contributed by atoms with E-state index in [1.807, 2.05) is 12.1 Å². The van der Waals surface area contributed by atoms with Gasteiger partial charge in [-0.3, -0.25) is 9.59 Å². The first-order valence-electron chi connectivity index (χ1n) is 8.13. The van der Waals surface area contributed by atoms with Crippen LogP contribution in [-0.2, 0) is 17.6 Å². The van der Waals surface area contributed by atoms with Crippen LogP contribution in [0.3, 0.4) is 0 Å². The molecule has 1 aliphatic carbocycles. The Morgan fingerprint density at radius 1 is 1.21 bits per heavy atom. The molecule has 4 heteroatoms. The van der Waals surface area contributed by atoms with Crippen molar-refractivity contribution in [3.63, 3.8) is 0 Å². The normalized spacial score (nSPS) is 15.7. The highest BCUT2D eigenvalue weighted by Gasteiger charge is 2.23. The van der Waals surface area contributed by atoms with Crippen molar-refractivity contribution in [1.29, 1.82) is 0 Å². The monoisotopic (exact) mass is 323 g/mol. The molecule has 1 aliphatic rings. The predicted octanol–water partition coefficient (Wildman–Crippen LogP) is 3.24. The van der Waals surface area contributed by atoms with Gasteiger partial charge in [-0.25, -0.2) is 0 Å². The van der Waals surface area contributed by atoms with Gasteiger partial charge in [-0.1, -0.05) is 24.3 Å². The molecule has 0 spiro atoms. The van der Waals surface area contributed by atoms with E-state index < -0.39 is 0 Å². The Morgan fingerprint density at radius 2 is 2.00 bits per heavy atom. The second-order valence-corrected chi connectivity index (χ2v) is 6.12. The molecular weight excluding hydrogens is 302 g/mol. The molecule has 2 aromatic carbocycles. The number of Topliss-reactive ketones (excluding diaryl/α,β-unsaturated/α-hetero) is 1. The molecule has 24 heavy (non-hydrogen) atoms. The number of hydrogen-bond acceptors (Lipinski definition) is 3. The number of rotatable bonds is 5. The summed E-state index contributed by atoms with van der Waals surface area (Å²) in [5.74, 6) is 0.543. The maximum Gasteiger partial charge on any atom is 0.225 e. The summed E-state index contributed by atoms with van der Waals surface area (Å²) in [7, 11) is 1.57. The number of aryl methyl sites for hydroxylation is 1. The number of ketones is 1. The average Bonchev–Trinajstić information content (AvgIpc) is 2.98. The van der Waals surface area contributed by atoms with Crippen molar-refractivity contribution in [2.45, 2.75) is 32.2 Å². The highest BCUT2D eigenvalue weighted by Crippen LogP contribution is 2.31. The predicted molar refractivity (Wildman–Crippen MR) is 92.3 cm³/mol. The molecule has 0 radical (unpaired) electrons. The first-order valence-corrected chi connectivity index (χ1v) is 8.13. The van der Waals surface area contributed by atoms with Crippen molar-refractivity contribution < 1.29 is 14.3 Å². The summed E-state index contributed by atoms with van der Waals surface area (Å²) in [6, 6.07) is 13.5. The SMILES string of the molecule is COc1ccc(C(C)=O)cc1CC(=O)N[C@@H]1CCc2ccccc21. The molecule has 2 aromatic rings. The van der Waals surface area contributed by atoms with Crippen LogP contribution in [0.5, 0.6) is 5.75 Å². The van der Waals surface area contributed by atoms with Crippen molar-refractivity contribution in [2.75, 3.05) is 7.11 Å². The van der Waals surface area contributed by atoms with Gasteiger partial charge in [-0.2, -0.15) is 0 Å². The minimum atomic E-state index is -0.0595. The van der Waals surface area contributed by atoms with Gasteiger partial charge in [0.2, 0.25) is 5.91 Å². The van der Waals surface area contributed by atoms with E-state index >= 15 is 0 Å². The Bertz CT molecular complexity index is 782. The fraction of sp³-hybridized carbons (Fsp3) is 0.300. The van der Waals surface area contributed by atoms with Crippen molar-refractivity contribution >= 4 is 11.7 Å². The Kier molecular flexibility index (Phi) is 4.65. The minimum Gasteiger partial charge on any atom is -0.496 e. The summed E-state index contributed by atoms with van der Waals surface area (Å²) >= 11 is 0. The molecule has 124 valence electrons. The molecule has 0 fully saturated rings. The highest BCUT2D eigenvalue weighted by molar-refractivity contribution is 5.94. The number of carbonyl (C=O) groups is 2. The zero-order valence-electron chi connectivity index (χ0n) is 14.0. The van der Waals surface area contributed by atoms with E-state index in [4.69, 9.17) is 4.74 Å². The number of methoxy groups -OCH3 is 1. The fourth-order valence-corrected chi connectivity index (χ4v) is 3.26. The van der Waals surface area contributed by atoms with Crippen LogP contribution in [0.1, 0.15) is 46.4 Å². The Morgan fingerprint density at radius 3 is 2.75 bits per heavy atom. The molecular formula is C20H21NO3. The van der Waals surface area contributed by atoms with Gasteiger partial charge in [-0.05, 0) is 49.1 Å². The van der Waals surface area contributed by atoms with Gasteiger partial charge in [0.15, 0.2) is 5.78 Å². The largest absolute Gasteiger partial charge is 0.496 e. The lowest BCUT2D eigenvalue weighted by Crippen LogP contribution is -2.28. The van der Waals surface area contributed by atoms with Crippen LogP contribution in [0, 0.1) is 0 Å². The highest BCUT2D eigenvalue weighted by atomic mass is 16.5. The maximum atomic E-state index is 12.5. The molecule has 0 aliphatic heterocycles. The first kappa shape index (κ1) is 16.2. The number of carbonyl (C=O) groups excluding carboxylic acids is 2. The second-order valence-electron chi connectivity index (χ2n) is 6.12. The summed E-state index contributed by atoms with van der Waals surface area (Å²) in [5, 5.41) is 3.10. The molecule has 4 nitrogen and oxygen atoms in total. The van der Waals surface area contributed by atoms with E-state index in [1.54, 1.807) is 25.3 Å². The van der Waals surface area contributed by atoms with E-state index in [1.165, 1.54) is 18.1 Å². The van der Waals surface area contributed by atoms with Crippen LogP contribution in [0.4, 0.5) is 0 Å². The van der Waals surface area contributed by atoms with Gasteiger partial charge < -0.3 is 10.1 Å². The number of amides is 1. The molecule has 1 amide bonds. The van der Waals surface area contributed by atoms with E-state index in [0.717, 1.165) is 18.4 Å². The maximum absolute atomic E-state index is 12.5. The van der Waals surface area contributed by atoms with Crippen LogP contribution in [0.25, 0.3) is 0 Å². The van der Waals surface area contributed by atoms with Gasteiger partial charge in [0.05, 0.1) is 19.6 Å². The standard InChI is InChI=1S/C20H21NO3/c1-13(22)15-8-10-19(24-2)16(11-15)12-20(23)21-18-9-7-14-5-3-4-6-17(14)18/h3-6,8,10-11,18H,7,9,12H2,1-2H3,(H,21,23)/t18-/m1/s1. The van der Waals surface area contributed by atoms with Crippen molar-refractivity contribution in [1.82, 2.24) is 5.32 Å². The number of fused-ring (bicyclic) bond motifs is 1. The molecule has 3 rings (SSSR count). The van der Waals surface area contributed by atoms with Crippen LogP contribution < -0.4 is 10.1 Å². The fourth-order valence-electron chi connectivity index (χ4n) is 3.26. The molecule has 0 unspecified atom stereocenters. The van der Waals surface area contributed by atoms with Gasteiger partial charge in [0, 0.05) is 11.1 Å². The van der Waals surface area contributed by atoms with Crippen LogP contribution in [-0.4, -0.2) is 18.8 Å². The zero-order valence-corrected chi connectivity index (χ0v) is 14.0. The summed E-state index contributed by atoms with van der Waals surface area (Å²) in [6.07, 6.45) is 2.11. The van der Waals surface area contributed by atoms with E-state index in [9.17, 15) is 9.59 Å². The summed E-state index contributed by atoms with van der Waals surface area (Å²) in [5.41, 5.74) is 3.83. The number of nitrogens with one attached hydrogen (secondary N) is 1. The third kappa shape index (κ3) is 3.32. The van der Waals surface area contributed by atoms with Crippen molar-refractivity contribution in [2.24, 2.45) is 0 Å². The Balaban J connectivity index is 1.74. The summed E-state index contributed by atoms with van der Waals surface area (Å²) < 4.78 is 5.32. The van der Waals surface area contributed by atoms with Gasteiger partial charge in [0.25, 0.3) is 0 Å². The third-order valence-electron chi connectivity index (χ3n) is 4.51. The average molecular weight is 323 g/mol. The van der Waals surface area contributed by atoms with Gasteiger partial charge >= 0.3 is 0 Å². The molecule has 1 atom stereocenters. The first-order chi connectivity index (χ1) is 11.6. The van der Waals surface area contributed by atoms with E-state index in [2.05, 4.69) is 17.4 Å². The van der Waals surface area contributed by atoms with Crippen LogP contribution in [0.2, 0.25) is 0 Å². The second kappa shape index (κ2) is 6.87. The number of ether oxygens (including phenoxy) is 1. The number of benzene rings is 2. The van der Waals surface area contributed by atoms with Crippen molar-refractivity contribution in [3.05, 3.63) is 64.7 Å². The molecule has 0 saturated heterocycles.